The lowest BCUT2D eigenvalue weighted by Gasteiger charge is -2.41. The van der Waals surface area contributed by atoms with Crippen molar-refractivity contribution in [2.45, 2.75) is 139 Å². The van der Waals surface area contributed by atoms with Crippen molar-refractivity contribution in [2.24, 2.45) is 11.8 Å². The number of carbonyl (C=O) groups excluding carboxylic acids is 3. The summed E-state index contributed by atoms with van der Waals surface area (Å²) in [6.07, 6.45) is 1.42. The second-order valence-electron chi connectivity index (χ2n) is 13.8. The zero-order valence-corrected chi connectivity index (χ0v) is 26.8. The number of alkyl carbamates (subject to hydrolysis) is 1. The van der Waals surface area contributed by atoms with Crippen LogP contribution in [0, 0.1) is 25.7 Å². The topological polar surface area (TPSA) is 87.7 Å². The van der Waals surface area contributed by atoms with Gasteiger partial charge in [0.15, 0.2) is 0 Å². The Morgan fingerprint density at radius 2 is 1.41 bits per heavy atom. The lowest BCUT2D eigenvalue weighted by Crippen LogP contribution is -2.57. The number of aryl methyl sites for hydroxylation is 2. The molecule has 3 unspecified atom stereocenters. The Bertz CT molecular complexity index is 952. The fourth-order valence-electron chi connectivity index (χ4n) is 4.73. The van der Waals surface area contributed by atoms with Crippen molar-refractivity contribution in [3.8, 4) is 0 Å². The SMILES string of the molecule is Cc1cccc(C)c1C(C(=O)NC(C)(C)C)N(C(=O)C(CC(C)C)NC(=O)OC(C)(C)C)C(C)CCC(C)C. The van der Waals surface area contributed by atoms with Gasteiger partial charge in [-0.1, -0.05) is 45.9 Å². The number of carbonyl (C=O) groups is 3. The van der Waals surface area contributed by atoms with E-state index in [0.29, 0.717) is 12.3 Å². The van der Waals surface area contributed by atoms with E-state index in [1.54, 1.807) is 25.7 Å². The van der Waals surface area contributed by atoms with Crippen molar-refractivity contribution in [2.75, 3.05) is 0 Å². The highest BCUT2D eigenvalue weighted by molar-refractivity contribution is 5.93. The molecule has 0 spiro atoms. The normalized spacial score (nSPS) is 14.5. The Kier molecular flexibility index (Phi) is 12.5. The molecule has 0 aliphatic heterocycles. The number of nitrogens with zero attached hydrogens (tertiary/aromatic N) is 1. The second-order valence-corrected chi connectivity index (χ2v) is 13.8. The molecule has 39 heavy (non-hydrogen) atoms. The van der Waals surface area contributed by atoms with Crippen LogP contribution in [0.2, 0.25) is 0 Å². The number of ether oxygens (including phenoxy) is 1. The third-order valence-electron chi connectivity index (χ3n) is 6.43. The third kappa shape index (κ3) is 11.6. The van der Waals surface area contributed by atoms with E-state index >= 15 is 0 Å². The first-order valence-corrected chi connectivity index (χ1v) is 14.4. The molecule has 7 nitrogen and oxygen atoms in total. The fourth-order valence-corrected chi connectivity index (χ4v) is 4.73. The molecule has 0 aromatic heterocycles. The summed E-state index contributed by atoms with van der Waals surface area (Å²) in [4.78, 5) is 43.2. The van der Waals surface area contributed by atoms with Crippen LogP contribution >= 0.6 is 0 Å². The van der Waals surface area contributed by atoms with Crippen LogP contribution in [-0.2, 0) is 14.3 Å². The summed E-state index contributed by atoms with van der Waals surface area (Å²) in [6, 6.07) is 3.99. The Labute approximate surface area is 237 Å². The molecule has 0 heterocycles. The Hall–Kier alpha value is -2.57. The third-order valence-corrected chi connectivity index (χ3v) is 6.43. The fraction of sp³-hybridized carbons (Fsp3) is 0.719. The molecule has 0 fully saturated rings. The number of rotatable bonds is 11. The molecule has 0 radical (unpaired) electrons. The van der Waals surface area contributed by atoms with Gasteiger partial charge in [-0.3, -0.25) is 9.59 Å². The van der Waals surface area contributed by atoms with Gasteiger partial charge < -0.3 is 20.3 Å². The molecule has 3 atom stereocenters. The van der Waals surface area contributed by atoms with E-state index < -0.39 is 29.3 Å². The molecule has 1 aromatic carbocycles. The van der Waals surface area contributed by atoms with E-state index in [4.69, 9.17) is 4.74 Å². The summed E-state index contributed by atoms with van der Waals surface area (Å²) in [5.74, 6) is 0.0642. The minimum atomic E-state index is -0.852. The molecule has 3 amide bonds. The van der Waals surface area contributed by atoms with Gasteiger partial charge in [0.05, 0.1) is 0 Å². The van der Waals surface area contributed by atoms with E-state index in [9.17, 15) is 14.4 Å². The largest absolute Gasteiger partial charge is 0.444 e. The van der Waals surface area contributed by atoms with Gasteiger partial charge in [-0.15, -0.1) is 0 Å². The van der Waals surface area contributed by atoms with Crippen molar-refractivity contribution < 1.29 is 19.1 Å². The molecule has 0 saturated heterocycles. The summed E-state index contributed by atoms with van der Waals surface area (Å²) >= 11 is 0. The van der Waals surface area contributed by atoms with E-state index in [1.807, 2.05) is 73.6 Å². The van der Waals surface area contributed by atoms with Gasteiger partial charge in [-0.2, -0.15) is 0 Å². The average molecular weight is 546 g/mol. The molecule has 1 rings (SSSR count). The zero-order valence-electron chi connectivity index (χ0n) is 26.8. The number of hydrogen-bond donors (Lipinski definition) is 2. The predicted molar refractivity (Wildman–Crippen MR) is 160 cm³/mol. The van der Waals surface area contributed by atoms with E-state index in [2.05, 4.69) is 24.5 Å². The summed E-state index contributed by atoms with van der Waals surface area (Å²) < 4.78 is 5.52. The van der Waals surface area contributed by atoms with Crippen LogP contribution in [0.5, 0.6) is 0 Å². The standard InChI is InChI=1S/C32H55N3O4/c1-20(2)17-18-24(7)35(29(37)25(19-21(3)4)33-30(38)39-32(11,12)13)27(28(36)34-31(8,9)10)26-22(5)15-14-16-23(26)6/h14-16,20-21,24-25,27H,17-19H2,1-13H3,(H,33,38)(H,34,36). The van der Waals surface area contributed by atoms with Gasteiger partial charge >= 0.3 is 6.09 Å². The quantitative estimate of drug-likeness (QED) is 0.318. The summed E-state index contributed by atoms with van der Waals surface area (Å²) in [5.41, 5.74) is 1.52. The molecule has 222 valence electrons. The highest BCUT2D eigenvalue weighted by Crippen LogP contribution is 2.32. The van der Waals surface area contributed by atoms with E-state index in [1.165, 1.54) is 0 Å². The lowest BCUT2D eigenvalue weighted by molar-refractivity contribution is -0.146. The van der Waals surface area contributed by atoms with Crippen LogP contribution in [0.15, 0.2) is 18.2 Å². The molecule has 0 saturated carbocycles. The van der Waals surface area contributed by atoms with Crippen molar-refractivity contribution in [1.82, 2.24) is 15.5 Å². The average Bonchev–Trinajstić information content (AvgIpc) is 2.73. The molecule has 0 aliphatic rings. The van der Waals surface area contributed by atoms with Gasteiger partial charge in [0.25, 0.3) is 0 Å². The molecular formula is C32H55N3O4. The number of nitrogens with one attached hydrogen (secondary N) is 2. The Balaban J connectivity index is 3.77. The van der Waals surface area contributed by atoms with Crippen molar-refractivity contribution in [3.63, 3.8) is 0 Å². The summed E-state index contributed by atoms with van der Waals surface area (Å²) in [5, 5.41) is 5.98. The highest BCUT2D eigenvalue weighted by Gasteiger charge is 2.41. The molecule has 7 heteroatoms. The zero-order chi connectivity index (χ0) is 30.3. The molecule has 0 bridgehead atoms. The van der Waals surface area contributed by atoms with Crippen LogP contribution in [0.25, 0.3) is 0 Å². The van der Waals surface area contributed by atoms with Crippen molar-refractivity contribution >= 4 is 17.9 Å². The van der Waals surface area contributed by atoms with Gasteiger partial charge in [0.1, 0.15) is 17.7 Å². The van der Waals surface area contributed by atoms with E-state index in [-0.39, 0.29) is 23.8 Å². The number of benzene rings is 1. The highest BCUT2D eigenvalue weighted by atomic mass is 16.6. The van der Waals surface area contributed by atoms with Crippen LogP contribution in [0.1, 0.15) is 118 Å². The van der Waals surface area contributed by atoms with Gasteiger partial charge in [-0.05, 0) is 110 Å². The first-order chi connectivity index (χ1) is 17.7. The van der Waals surface area contributed by atoms with Crippen LogP contribution in [0.4, 0.5) is 4.79 Å². The molecular weight excluding hydrogens is 490 g/mol. The maximum atomic E-state index is 14.5. The van der Waals surface area contributed by atoms with Crippen molar-refractivity contribution in [1.29, 1.82) is 0 Å². The second kappa shape index (κ2) is 14.2. The monoisotopic (exact) mass is 545 g/mol. The molecule has 2 N–H and O–H groups in total. The number of amides is 3. The minimum Gasteiger partial charge on any atom is -0.444 e. The predicted octanol–water partition coefficient (Wildman–Crippen LogP) is 6.85. The first-order valence-electron chi connectivity index (χ1n) is 14.4. The minimum absolute atomic E-state index is 0.128. The summed E-state index contributed by atoms with van der Waals surface area (Å²) in [7, 11) is 0. The van der Waals surface area contributed by atoms with Crippen LogP contribution in [0.3, 0.4) is 0 Å². The van der Waals surface area contributed by atoms with Gasteiger partial charge in [-0.25, -0.2) is 4.79 Å². The lowest BCUT2D eigenvalue weighted by atomic mass is 9.90. The molecule has 1 aromatic rings. The Morgan fingerprint density at radius 3 is 1.85 bits per heavy atom. The Morgan fingerprint density at radius 1 is 0.872 bits per heavy atom. The van der Waals surface area contributed by atoms with Crippen LogP contribution in [-0.4, -0.2) is 46.0 Å². The van der Waals surface area contributed by atoms with Gasteiger partial charge in [0, 0.05) is 11.6 Å². The maximum absolute atomic E-state index is 14.5. The smallest absolute Gasteiger partial charge is 0.408 e. The molecule has 0 aliphatic carbocycles. The number of hydrogen-bond acceptors (Lipinski definition) is 4. The summed E-state index contributed by atoms with van der Waals surface area (Å²) in [6.45, 7) is 25.5. The van der Waals surface area contributed by atoms with Crippen LogP contribution < -0.4 is 10.6 Å². The van der Waals surface area contributed by atoms with E-state index in [0.717, 1.165) is 29.5 Å². The van der Waals surface area contributed by atoms with Gasteiger partial charge in [0.2, 0.25) is 11.8 Å². The first kappa shape index (κ1) is 34.5. The maximum Gasteiger partial charge on any atom is 0.408 e. The van der Waals surface area contributed by atoms with Crippen molar-refractivity contribution in [3.05, 3.63) is 34.9 Å².